The Hall–Kier alpha value is -2.14. The number of amides is 1. The molecule has 1 amide bonds. The van der Waals surface area contributed by atoms with E-state index in [-0.39, 0.29) is 5.91 Å². The zero-order valence-corrected chi connectivity index (χ0v) is 14.8. The minimum Gasteiger partial charge on any atom is -0.353 e. The van der Waals surface area contributed by atoms with Crippen molar-refractivity contribution in [1.29, 1.82) is 0 Å². The molecule has 6 heteroatoms. The number of aromatic nitrogens is 2. The average Bonchev–Trinajstić information content (AvgIpc) is 2.82. The summed E-state index contributed by atoms with van der Waals surface area (Å²) in [6.07, 6.45) is 2.69. The van der Waals surface area contributed by atoms with Gasteiger partial charge in [0.25, 0.3) is 5.91 Å². The summed E-state index contributed by atoms with van der Waals surface area (Å²) in [7, 11) is 0. The molecular weight excluding hydrogens is 324 g/mol. The first-order valence-corrected chi connectivity index (χ1v) is 8.52. The minimum absolute atomic E-state index is 0.0337. The van der Waals surface area contributed by atoms with E-state index >= 15 is 0 Å². The molecule has 0 N–H and O–H groups in total. The number of halogens is 1. The summed E-state index contributed by atoms with van der Waals surface area (Å²) in [4.78, 5) is 25.8. The first-order valence-electron chi connectivity index (χ1n) is 8.14. The number of carbonyl (C=O) groups excluding carboxylic acids is 1. The van der Waals surface area contributed by atoms with E-state index in [9.17, 15) is 4.79 Å². The van der Waals surface area contributed by atoms with E-state index in [0.717, 1.165) is 43.3 Å². The number of aryl methyl sites for hydroxylation is 2. The maximum absolute atomic E-state index is 12.7. The molecule has 3 rings (SSSR count). The molecule has 1 aliphatic heterocycles. The van der Waals surface area contributed by atoms with Gasteiger partial charge in [0.2, 0.25) is 0 Å². The lowest BCUT2D eigenvalue weighted by molar-refractivity contribution is 0.0767. The summed E-state index contributed by atoms with van der Waals surface area (Å²) < 4.78 is 0. The topological polar surface area (TPSA) is 49.3 Å². The highest BCUT2D eigenvalue weighted by Crippen LogP contribution is 2.19. The molecule has 2 heterocycles. The van der Waals surface area contributed by atoms with Crippen molar-refractivity contribution in [2.45, 2.75) is 20.3 Å². The van der Waals surface area contributed by atoms with Crippen LogP contribution in [-0.2, 0) is 0 Å². The molecule has 1 fully saturated rings. The maximum Gasteiger partial charge on any atom is 0.253 e. The van der Waals surface area contributed by atoms with Gasteiger partial charge in [-0.2, -0.15) is 0 Å². The van der Waals surface area contributed by atoms with Crippen LogP contribution in [-0.4, -0.2) is 47.0 Å². The molecule has 1 aliphatic rings. The number of hydrogen-bond donors (Lipinski definition) is 0. The van der Waals surface area contributed by atoms with Gasteiger partial charge in [0, 0.05) is 43.0 Å². The monoisotopic (exact) mass is 344 g/mol. The van der Waals surface area contributed by atoms with E-state index in [1.54, 1.807) is 18.3 Å². The molecule has 0 spiro atoms. The van der Waals surface area contributed by atoms with Gasteiger partial charge in [-0.15, -0.1) is 0 Å². The SMILES string of the molecule is Cc1cnc(C)c(N2CCCN(C(=O)c3cccc(Cl)c3)CC2)n1. The molecule has 1 saturated heterocycles. The normalized spacial score (nSPS) is 15.3. The number of nitrogens with zero attached hydrogens (tertiary/aromatic N) is 4. The van der Waals surface area contributed by atoms with Crippen molar-refractivity contribution in [2.75, 3.05) is 31.1 Å². The third kappa shape index (κ3) is 3.67. The Bertz CT molecular complexity index is 750. The van der Waals surface area contributed by atoms with Crippen LogP contribution in [0, 0.1) is 13.8 Å². The summed E-state index contributed by atoms with van der Waals surface area (Å²) >= 11 is 6.00. The van der Waals surface area contributed by atoms with Crippen LogP contribution < -0.4 is 4.90 Å². The van der Waals surface area contributed by atoms with Crippen molar-refractivity contribution < 1.29 is 4.79 Å². The second-order valence-electron chi connectivity index (χ2n) is 6.06. The van der Waals surface area contributed by atoms with Crippen LogP contribution in [0.4, 0.5) is 5.82 Å². The van der Waals surface area contributed by atoms with E-state index < -0.39 is 0 Å². The molecule has 0 bridgehead atoms. The lowest BCUT2D eigenvalue weighted by Gasteiger charge is -2.24. The van der Waals surface area contributed by atoms with E-state index in [4.69, 9.17) is 11.6 Å². The zero-order valence-electron chi connectivity index (χ0n) is 14.0. The maximum atomic E-state index is 12.7. The Labute approximate surface area is 147 Å². The second kappa shape index (κ2) is 7.18. The Morgan fingerprint density at radius 1 is 1.17 bits per heavy atom. The highest BCUT2D eigenvalue weighted by Gasteiger charge is 2.22. The second-order valence-corrected chi connectivity index (χ2v) is 6.50. The van der Waals surface area contributed by atoms with Gasteiger partial charge in [0.15, 0.2) is 0 Å². The fourth-order valence-electron chi connectivity index (χ4n) is 2.96. The molecule has 0 atom stereocenters. The lowest BCUT2D eigenvalue weighted by atomic mass is 10.2. The van der Waals surface area contributed by atoms with E-state index in [1.807, 2.05) is 30.9 Å². The van der Waals surface area contributed by atoms with Crippen molar-refractivity contribution in [3.8, 4) is 0 Å². The number of hydrogen-bond acceptors (Lipinski definition) is 4. The predicted octanol–water partition coefficient (Wildman–Crippen LogP) is 3.10. The number of benzene rings is 1. The molecule has 2 aromatic rings. The Kier molecular flexibility index (Phi) is 5.00. The van der Waals surface area contributed by atoms with Crippen LogP contribution >= 0.6 is 11.6 Å². The lowest BCUT2D eigenvalue weighted by Crippen LogP contribution is -2.35. The molecule has 0 unspecified atom stereocenters. The molecule has 1 aromatic heterocycles. The van der Waals surface area contributed by atoms with Crippen LogP contribution in [0.1, 0.15) is 28.2 Å². The Balaban J connectivity index is 1.73. The quantitative estimate of drug-likeness (QED) is 0.840. The van der Waals surface area contributed by atoms with Gasteiger partial charge >= 0.3 is 0 Å². The molecule has 0 saturated carbocycles. The fourth-order valence-corrected chi connectivity index (χ4v) is 3.15. The minimum atomic E-state index is 0.0337. The van der Waals surface area contributed by atoms with Gasteiger partial charge in [0.05, 0.1) is 11.4 Å². The number of rotatable bonds is 2. The van der Waals surface area contributed by atoms with Crippen molar-refractivity contribution in [1.82, 2.24) is 14.9 Å². The van der Waals surface area contributed by atoms with Gasteiger partial charge in [-0.05, 0) is 38.5 Å². The average molecular weight is 345 g/mol. The third-order valence-corrected chi connectivity index (χ3v) is 4.44. The number of carbonyl (C=O) groups is 1. The van der Waals surface area contributed by atoms with Crippen LogP contribution in [0.5, 0.6) is 0 Å². The highest BCUT2D eigenvalue weighted by molar-refractivity contribution is 6.30. The number of anilines is 1. The van der Waals surface area contributed by atoms with Crippen LogP contribution in [0.2, 0.25) is 5.02 Å². The van der Waals surface area contributed by atoms with Gasteiger partial charge < -0.3 is 9.80 Å². The highest BCUT2D eigenvalue weighted by atomic mass is 35.5. The molecule has 5 nitrogen and oxygen atoms in total. The molecule has 126 valence electrons. The van der Waals surface area contributed by atoms with Crippen LogP contribution in [0.3, 0.4) is 0 Å². The first kappa shape index (κ1) is 16.7. The van der Waals surface area contributed by atoms with Gasteiger partial charge in [-0.25, -0.2) is 4.98 Å². The summed E-state index contributed by atoms with van der Waals surface area (Å²) in [5.74, 6) is 0.957. The smallest absolute Gasteiger partial charge is 0.253 e. The molecular formula is C18H21ClN4O. The summed E-state index contributed by atoms with van der Waals surface area (Å²) in [5.41, 5.74) is 2.48. The third-order valence-electron chi connectivity index (χ3n) is 4.21. The Morgan fingerprint density at radius 2 is 2.00 bits per heavy atom. The summed E-state index contributed by atoms with van der Waals surface area (Å²) in [6.45, 7) is 6.95. The van der Waals surface area contributed by atoms with Gasteiger partial charge in [0.1, 0.15) is 5.82 Å². The van der Waals surface area contributed by atoms with E-state index in [1.165, 1.54) is 0 Å². The Morgan fingerprint density at radius 3 is 2.79 bits per heavy atom. The largest absolute Gasteiger partial charge is 0.353 e. The van der Waals surface area contributed by atoms with Crippen molar-refractivity contribution in [3.05, 3.63) is 52.4 Å². The molecule has 24 heavy (non-hydrogen) atoms. The van der Waals surface area contributed by atoms with E-state index in [0.29, 0.717) is 17.1 Å². The molecule has 0 aliphatic carbocycles. The molecule has 1 aromatic carbocycles. The standard InChI is InChI=1S/C18H21ClN4O/c1-13-12-20-14(2)17(21-13)22-7-4-8-23(10-9-22)18(24)15-5-3-6-16(19)11-15/h3,5-6,11-12H,4,7-10H2,1-2H3. The van der Waals surface area contributed by atoms with Crippen LogP contribution in [0.25, 0.3) is 0 Å². The van der Waals surface area contributed by atoms with Gasteiger partial charge in [-0.3, -0.25) is 9.78 Å². The van der Waals surface area contributed by atoms with Crippen molar-refractivity contribution >= 4 is 23.3 Å². The fraction of sp³-hybridized carbons (Fsp3) is 0.389. The zero-order chi connectivity index (χ0) is 17.1. The van der Waals surface area contributed by atoms with Gasteiger partial charge in [-0.1, -0.05) is 17.7 Å². The van der Waals surface area contributed by atoms with E-state index in [2.05, 4.69) is 14.9 Å². The summed E-state index contributed by atoms with van der Waals surface area (Å²) in [6, 6.07) is 7.13. The van der Waals surface area contributed by atoms with Crippen LogP contribution in [0.15, 0.2) is 30.5 Å². The molecule has 0 radical (unpaired) electrons. The van der Waals surface area contributed by atoms with Crippen molar-refractivity contribution in [3.63, 3.8) is 0 Å². The summed E-state index contributed by atoms with van der Waals surface area (Å²) in [5, 5.41) is 0.586. The van der Waals surface area contributed by atoms with Crippen molar-refractivity contribution in [2.24, 2.45) is 0 Å². The first-order chi connectivity index (χ1) is 11.5. The predicted molar refractivity (Wildman–Crippen MR) is 95.7 cm³/mol.